The van der Waals surface area contributed by atoms with Gasteiger partial charge in [0.05, 0.1) is 11.6 Å². The quantitative estimate of drug-likeness (QED) is 0.812. The number of benzene rings is 2. The Hall–Kier alpha value is -2.86. The van der Waals surface area contributed by atoms with Crippen LogP contribution in [-0.2, 0) is 6.42 Å². The molecule has 3 heteroatoms. The lowest BCUT2D eigenvalue weighted by molar-refractivity contribution is 0.0759. The average Bonchev–Trinajstić information content (AvgIpc) is 2.57. The van der Waals surface area contributed by atoms with E-state index < -0.39 is 0 Å². The highest BCUT2D eigenvalue weighted by Gasteiger charge is 2.23. The maximum absolute atomic E-state index is 12.4. The Morgan fingerprint density at radius 2 is 1.91 bits per heavy atom. The van der Waals surface area contributed by atoms with Crippen molar-refractivity contribution in [3.63, 3.8) is 0 Å². The van der Waals surface area contributed by atoms with Crippen LogP contribution in [0.25, 0.3) is 11.1 Å². The molecule has 0 saturated heterocycles. The standard InChI is InChI=1S/C19H16N2O/c1-2-10-21-11-9-17-12-16(7-8-18(17)19(21)22)15-5-3-14(13-20)4-6-15/h2-8,12H,1,9-11H2. The molecule has 22 heavy (non-hydrogen) atoms. The van der Waals surface area contributed by atoms with Crippen molar-refractivity contribution >= 4 is 5.91 Å². The minimum absolute atomic E-state index is 0.0764. The van der Waals surface area contributed by atoms with Crippen molar-refractivity contribution in [1.82, 2.24) is 4.90 Å². The summed E-state index contributed by atoms with van der Waals surface area (Å²) in [6.45, 7) is 5.02. The van der Waals surface area contributed by atoms with Gasteiger partial charge in [0, 0.05) is 18.7 Å². The van der Waals surface area contributed by atoms with Crippen molar-refractivity contribution in [3.05, 3.63) is 71.8 Å². The molecule has 2 aromatic rings. The lowest BCUT2D eigenvalue weighted by Gasteiger charge is -2.27. The van der Waals surface area contributed by atoms with Crippen molar-refractivity contribution in [2.24, 2.45) is 0 Å². The molecule has 0 fully saturated rings. The predicted molar refractivity (Wildman–Crippen MR) is 86.4 cm³/mol. The second kappa shape index (κ2) is 5.87. The Morgan fingerprint density at radius 3 is 2.59 bits per heavy atom. The molecule has 3 nitrogen and oxygen atoms in total. The molecule has 1 aliphatic rings. The molecule has 3 rings (SSSR count). The van der Waals surface area contributed by atoms with E-state index in [1.807, 2.05) is 41.3 Å². The molecule has 0 spiro atoms. The molecule has 0 bridgehead atoms. The Bertz CT molecular complexity index is 769. The third-order valence-electron chi connectivity index (χ3n) is 3.97. The first kappa shape index (κ1) is 14.1. The van der Waals surface area contributed by atoms with Crippen molar-refractivity contribution < 1.29 is 4.79 Å². The number of rotatable bonds is 3. The summed E-state index contributed by atoms with van der Waals surface area (Å²) >= 11 is 0. The van der Waals surface area contributed by atoms with Gasteiger partial charge in [-0.2, -0.15) is 5.26 Å². The zero-order chi connectivity index (χ0) is 15.5. The van der Waals surface area contributed by atoms with Crippen molar-refractivity contribution in [2.75, 3.05) is 13.1 Å². The summed E-state index contributed by atoms with van der Waals surface area (Å²) in [4.78, 5) is 14.2. The van der Waals surface area contributed by atoms with Crippen LogP contribution in [0.15, 0.2) is 55.1 Å². The van der Waals surface area contributed by atoms with Crippen LogP contribution in [0.5, 0.6) is 0 Å². The van der Waals surface area contributed by atoms with Gasteiger partial charge in [0.1, 0.15) is 0 Å². The summed E-state index contributed by atoms with van der Waals surface area (Å²) in [5.74, 6) is 0.0764. The summed E-state index contributed by atoms with van der Waals surface area (Å²) < 4.78 is 0. The summed E-state index contributed by atoms with van der Waals surface area (Å²) in [6.07, 6.45) is 2.62. The summed E-state index contributed by atoms with van der Waals surface area (Å²) in [5, 5.41) is 8.86. The topological polar surface area (TPSA) is 44.1 Å². The number of fused-ring (bicyclic) bond motifs is 1. The normalized spacial score (nSPS) is 13.4. The number of carbonyl (C=O) groups is 1. The number of hydrogen-bond donors (Lipinski definition) is 0. The van der Waals surface area contributed by atoms with E-state index in [1.54, 1.807) is 6.08 Å². The van der Waals surface area contributed by atoms with Crippen LogP contribution < -0.4 is 0 Å². The van der Waals surface area contributed by atoms with E-state index in [1.165, 1.54) is 0 Å². The van der Waals surface area contributed by atoms with Crippen LogP contribution >= 0.6 is 0 Å². The van der Waals surface area contributed by atoms with Gasteiger partial charge >= 0.3 is 0 Å². The van der Waals surface area contributed by atoms with Crippen molar-refractivity contribution in [2.45, 2.75) is 6.42 Å². The molecular weight excluding hydrogens is 272 g/mol. The van der Waals surface area contributed by atoms with Crippen LogP contribution in [0, 0.1) is 11.3 Å². The third-order valence-corrected chi connectivity index (χ3v) is 3.97. The first-order valence-corrected chi connectivity index (χ1v) is 7.26. The van der Waals surface area contributed by atoms with Gasteiger partial charge in [0.15, 0.2) is 0 Å². The molecule has 1 aliphatic heterocycles. The van der Waals surface area contributed by atoms with E-state index in [-0.39, 0.29) is 5.91 Å². The molecule has 1 heterocycles. The molecule has 0 N–H and O–H groups in total. The van der Waals surface area contributed by atoms with E-state index in [9.17, 15) is 4.79 Å². The van der Waals surface area contributed by atoms with Crippen LogP contribution in [-0.4, -0.2) is 23.9 Å². The molecule has 0 aliphatic carbocycles. The van der Waals surface area contributed by atoms with Gasteiger partial charge in [0.2, 0.25) is 0 Å². The molecule has 0 radical (unpaired) electrons. The van der Waals surface area contributed by atoms with Gasteiger partial charge in [-0.25, -0.2) is 0 Å². The fourth-order valence-corrected chi connectivity index (χ4v) is 2.78. The van der Waals surface area contributed by atoms with Gasteiger partial charge < -0.3 is 4.90 Å². The first-order valence-electron chi connectivity index (χ1n) is 7.26. The molecular formula is C19H16N2O. The van der Waals surface area contributed by atoms with Gasteiger partial charge in [-0.1, -0.05) is 30.3 Å². The maximum Gasteiger partial charge on any atom is 0.254 e. The molecule has 2 aromatic carbocycles. The average molecular weight is 288 g/mol. The maximum atomic E-state index is 12.4. The largest absolute Gasteiger partial charge is 0.335 e. The Kier molecular flexibility index (Phi) is 3.76. The SMILES string of the molecule is C=CCN1CCc2cc(-c3ccc(C#N)cc3)ccc2C1=O. The number of nitrogens with zero attached hydrogens (tertiary/aromatic N) is 2. The van der Waals surface area contributed by atoms with Crippen LogP contribution in [0.3, 0.4) is 0 Å². The Morgan fingerprint density at radius 1 is 1.18 bits per heavy atom. The minimum atomic E-state index is 0.0764. The predicted octanol–water partition coefficient (Wildman–Crippen LogP) is 3.41. The Balaban J connectivity index is 1.93. The lowest BCUT2D eigenvalue weighted by atomic mass is 9.94. The van der Waals surface area contributed by atoms with E-state index in [2.05, 4.69) is 18.7 Å². The van der Waals surface area contributed by atoms with E-state index in [4.69, 9.17) is 5.26 Å². The zero-order valence-corrected chi connectivity index (χ0v) is 12.2. The van der Waals surface area contributed by atoms with Gasteiger partial charge in [-0.3, -0.25) is 4.79 Å². The minimum Gasteiger partial charge on any atom is -0.335 e. The lowest BCUT2D eigenvalue weighted by Crippen LogP contribution is -2.37. The zero-order valence-electron chi connectivity index (χ0n) is 12.2. The van der Waals surface area contributed by atoms with Gasteiger partial charge in [-0.15, -0.1) is 6.58 Å². The van der Waals surface area contributed by atoms with Crippen LogP contribution in [0.4, 0.5) is 0 Å². The monoisotopic (exact) mass is 288 g/mol. The van der Waals surface area contributed by atoms with Gasteiger partial charge in [-0.05, 0) is 41.3 Å². The molecule has 1 amide bonds. The highest BCUT2D eigenvalue weighted by Crippen LogP contribution is 2.26. The molecule has 0 unspecified atom stereocenters. The highest BCUT2D eigenvalue weighted by atomic mass is 16.2. The van der Waals surface area contributed by atoms with Crippen molar-refractivity contribution in [3.8, 4) is 17.2 Å². The Labute approximate surface area is 130 Å². The number of carbonyl (C=O) groups excluding carboxylic acids is 1. The molecule has 108 valence electrons. The van der Waals surface area contributed by atoms with Crippen LogP contribution in [0.1, 0.15) is 21.5 Å². The summed E-state index contributed by atoms with van der Waals surface area (Å²) in [5.41, 5.74) is 4.66. The smallest absolute Gasteiger partial charge is 0.254 e. The number of amides is 1. The van der Waals surface area contributed by atoms with E-state index in [0.717, 1.165) is 35.2 Å². The van der Waals surface area contributed by atoms with E-state index >= 15 is 0 Å². The third kappa shape index (κ3) is 2.51. The van der Waals surface area contributed by atoms with Gasteiger partial charge in [0.25, 0.3) is 5.91 Å². The van der Waals surface area contributed by atoms with Crippen LogP contribution in [0.2, 0.25) is 0 Å². The fourth-order valence-electron chi connectivity index (χ4n) is 2.78. The van der Waals surface area contributed by atoms with E-state index in [0.29, 0.717) is 12.1 Å². The second-order valence-corrected chi connectivity index (χ2v) is 5.35. The fraction of sp³-hybridized carbons (Fsp3) is 0.158. The molecule has 0 aromatic heterocycles. The molecule has 0 saturated carbocycles. The molecule has 0 atom stereocenters. The summed E-state index contributed by atoms with van der Waals surface area (Å²) in [7, 11) is 0. The highest BCUT2D eigenvalue weighted by molar-refractivity contribution is 5.97. The second-order valence-electron chi connectivity index (χ2n) is 5.35. The number of nitriles is 1. The first-order chi connectivity index (χ1) is 10.7. The van der Waals surface area contributed by atoms with Crippen molar-refractivity contribution in [1.29, 1.82) is 5.26 Å². The number of hydrogen-bond acceptors (Lipinski definition) is 2. The summed E-state index contributed by atoms with van der Waals surface area (Å²) in [6, 6.07) is 15.6.